The summed E-state index contributed by atoms with van der Waals surface area (Å²) in [7, 11) is 0. The van der Waals surface area contributed by atoms with E-state index < -0.39 is 0 Å². The van der Waals surface area contributed by atoms with Gasteiger partial charge in [-0.2, -0.15) is 0 Å². The maximum atomic E-state index is 12.4. The van der Waals surface area contributed by atoms with Gasteiger partial charge in [0.15, 0.2) is 6.61 Å². The Kier molecular flexibility index (Phi) is 6.01. The molecule has 5 nitrogen and oxygen atoms in total. The van der Waals surface area contributed by atoms with Crippen LogP contribution in [0.5, 0.6) is 5.75 Å². The Morgan fingerprint density at radius 2 is 1.85 bits per heavy atom. The van der Waals surface area contributed by atoms with Crippen LogP contribution in [0.15, 0.2) is 48.5 Å². The van der Waals surface area contributed by atoms with Crippen LogP contribution in [0.25, 0.3) is 0 Å². The van der Waals surface area contributed by atoms with Gasteiger partial charge in [-0.1, -0.05) is 45.0 Å². The van der Waals surface area contributed by atoms with Crippen LogP contribution < -0.4 is 15.0 Å². The Hall–Kier alpha value is -2.53. The molecule has 0 aliphatic carbocycles. The van der Waals surface area contributed by atoms with Crippen LogP contribution in [0.3, 0.4) is 0 Å². The second-order valence-corrected chi connectivity index (χ2v) is 7.73. The third kappa shape index (κ3) is 5.23. The van der Waals surface area contributed by atoms with Gasteiger partial charge in [0, 0.05) is 13.1 Å². The van der Waals surface area contributed by atoms with E-state index in [-0.39, 0.29) is 17.9 Å². The minimum Gasteiger partial charge on any atom is -0.484 e. The summed E-state index contributed by atoms with van der Waals surface area (Å²) >= 11 is 0. The molecule has 0 unspecified atom stereocenters. The molecule has 2 aromatic rings. The third-order valence-electron chi connectivity index (χ3n) is 4.60. The molecule has 27 heavy (non-hydrogen) atoms. The fourth-order valence-electron chi connectivity index (χ4n) is 3.05. The van der Waals surface area contributed by atoms with Crippen molar-refractivity contribution in [3.8, 4) is 5.75 Å². The standard InChI is InChI=1S/C22H28N2O3/c1-22(2,3)17-7-6-8-18(15-17)27-16-21(25)23-19-9-4-5-10-20(19)24-11-13-26-14-12-24/h4-10,15H,11-14,16H2,1-3H3,(H,23,25). The summed E-state index contributed by atoms with van der Waals surface area (Å²) in [6, 6.07) is 15.8. The van der Waals surface area contributed by atoms with Gasteiger partial charge >= 0.3 is 0 Å². The molecule has 1 fully saturated rings. The van der Waals surface area contributed by atoms with Gasteiger partial charge in [0.25, 0.3) is 5.91 Å². The quantitative estimate of drug-likeness (QED) is 0.871. The molecule has 5 heteroatoms. The van der Waals surface area contributed by atoms with E-state index in [1.54, 1.807) is 0 Å². The molecule has 0 aromatic heterocycles. The van der Waals surface area contributed by atoms with E-state index in [9.17, 15) is 4.79 Å². The first kappa shape index (κ1) is 19.2. The van der Waals surface area contributed by atoms with E-state index in [1.165, 1.54) is 5.56 Å². The Bertz CT molecular complexity index is 777. The predicted octanol–water partition coefficient (Wildman–Crippen LogP) is 3.84. The predicted molar refractivity (Wildman–Crippen MR) is 109 cm³/mol. The monoisotopic (exact) mass is 368 g/mol. The van der Waals surface area contributed by atoms with Gasteiger partial charge in [0.05, 0.1) is 24.6 Å². The topological polar surface area (TPSA) is 50.8 Å². The van der Waals surface area contributed by atoms with Crippen molar-refractivity contribution in [3.63, 3.8) is 0 Å². The molecule has 2 aromatic carbocycles. The van der Waals surface area contributed by atoms with Crippen molar-refractivity contribution < 1.29 is 14.3 Å². The maximum Gasteiger partial charge on any atom is 0.262 e. The molecule has 1 amide bonds. The Morgan fingerprint density at radius 3 is 2.59 bits per heavy atom. The average molecular weight is 368 g/mol. The lowest BCUT2D eigenvalue weighted by Gasteiger charge is -2.30. The SMILES string of the molecule is CC(C)(C)c1cccc(OCC(=O)Nc2ccccc2N2CCOCC2)c1. The van der Waals surface area contributed by atoms with Crippen molar-refractivity contribution in [2.75, 3.05) is 43.1 Å². The van der Waals surface area contributed by atoms with E-state index >= 15 is 0 Å². The number of amides is 1. The molecule has 0 saturated carbocycles. The number of carbonyl (C=O) groups excluding carboxylic acids is 1. The summed E-state index contributed by atoms with van der Waals surface area (Å²) in [5, 5.41) is 2.98. The number of hydrogen-bond donors (Lipinski definition) is 1. The lowest BCUT2D eigenvalue weighted by atomic mass is 9.87. The fraction of sp³-hybridized carbons (Fsp3) is 0.409. The molecule has 1 aliphatic rings. The maximum absolute atomic E-state index is 12.4. The fourth-order valence-corrected chi connectivity index (χ4v) is 3.05. The van der Waals surface area contributed by atoms with Crippen LogP contribution in [-0.4, -0.2) is 38.8 Å². The molecule has 3 rings (SSSR count). The van der Waals surface area contributed by atoms with E-state index in [0.29, 0.717) is 19.0 Å². The normalized spacial score (nSPS) is 14.7. The van der Waals surface area contributed by atoms with Crippen LogP contribution in [0.1, 0.15) is 26.3 Å². The lowest BCUT2D eigenvalue weighted by Crippen LogP contribution is -2.37. The molecular weight excluding hydrogens is 340 g/mol. The van der Waals surface area contributed by atoms with Gasteiger partial charge in [0.2, 0.25) is 0 Å². The van der Waals surface area contributed by atoms with E-state index in [0.717, 1.165) is 24.5 Å². The lowest BCUT2D eigenvalue weighted by molar-refractivity contribution is -0.118. The van der Waals surface area contributed by atoms with Crippen molar-refractivity contribution in [1.29, 1.82) is 0 Å². The van der Waals surface area contributed by atoms with Gasteiger partial charge in [-0.05, 0) is 35.2 Å². The molecular formula is C22H28N2O3. The molecule has 0 atom stereocenters. The summed E-state index contributed by atoms with van der Waals surface area (Å²) < 4.78 is 11.1. The zero-order chi connectivity index (χ0) is 19.3. The second-order valence-electron chi connectivity index (χ2n) is 7.73. The van der Waals surface area contributed by atoms with Gasteiger partial charge in [-0.15, -0.1) is 0 Å². The summed E-state index contributed by atoms with van der Waals surface area (Å²) in [4.78, 5) is 14.7. The highest BCUT2D eigenvalue weighted by atomic mass is 16.5. The van der Waals surface area contributed by atoms with Crippen LogP contribution in [0, 0.1) is 0 Å². The number of ether oxygens (including phenoxy) is 2. The molecule has 144 valence electrons. The highest BCUT2D eigenvalue weighted by Gasteiger charge is 2.17. The number of rotatable bonds is 5. The highest BCUT2D eigenvalue weighted by molar-refractivity contribution is 5.95. The molecule has 0 radical (unpaired) electrons. The van der Waals surface area contributed by atoms with Crippen LogP contribution in [-0.2, 0) is 14.9 Å². The summed E-state index contributed by atoms with van der Waals surface area (Å²) in [6.07, 6.45) is 0. The van der Waals surface area contributed by atoms with Crippen molar-refractivity contribution in [2.45, 2.75) is 26.2 Å². The molecule has 1 N–H and O–H groups in total. The Morgan fingerprint density at radius 1 is 1.11 bits per heavy atom. The van der Waals surface area contributed by atoms with Crippen molar-refractivity contribution in [2.24, 2.45) is 0 Å². The molecule has 1 aliphatic heterocycles. The average Bonchev–Trinajstić information content (AvgIpc) is 2.67. The van der Waals surface area contributed by atoms with Gasteiger partial charge < -0.3 is 19.7 Å². The van der Waals surface area contributed by atoms with Gasteiger partial charge in [-0.3, -0.25) is 4.79 Å². The first-order valence-electron chi connectivity index (χ1n) is 9.38. The number of nitrogens with one attached hydrogen (secondary N) is 1. The minimum absolute atomic E-state index is 0.0228. The Labute approximate surface area is 161 Å². The number of morpholine rings is 1. The van der Waals surface area contributed by atoms with E-state index in [2.05, 4.69) is 37.1 Å². The Balaban J connectivity index is 1.62. The van der Waals surface area contributed by atoms with Crippen LogP contribution >= 0.6 is 0 Å². The largest absolute Gasteiger partial charge is 0.484 e. The number of carbonyl (C=O) groups is 1. The molecule has 0 bridgehead atoms. The van der Waals surface area contributed by atoms with Gasteiger partial charge in [-0.25, -0.2) is 0 Å². The summed E-state index contributed by atoms with van der Waals surface area (Å²) in [6.45, 7) is 9.49. The number of benzene rings is 2. The number of nitrogens with zero attached hydrogens (tertiary/aromatic N) is 1. The molecule has 0 spiro atoms. The van der Waals surface area contributed by atoms with Gasteiger partial charge in [0.1, 0.15) is 5.75 Å². The highest BCUT2D eigenvalue weighted by Crippen LogP contribution is 2.27. The summed E-state index contributed by atoms with van der Waals surface area (Å²) in [5.74, 6) is 0.538. The first-order chi connectivity index (χ1) is 12.9. The van der Waals surface area contributed by atoms with Crippen LogP contribution in [0.2, 0.25) is 0 Å². The number of para-hydroxylation sites is 2. The molecule has 1 saturated heterocycles. The summed E-state index contributed by atoms with van der Waals surface area (Å²) in [5.41, 5.74) is 3.04. The van der Waals surface area contributed by atoms with E-state index in [1.807, 2.05) is 42.5 Å². The first-order valence-corrected chi connectivity index (χ1v) is 9.38. The smallest absolute Gasteiger partial charge is 0.262 e. The van der Waals surface area contributed by atoms with Crippen LogP contribution in [0.4, 0.5) is 11.4 Å². The zero-order valence-corrected chi connectivity index (χ0v) is 16.3. The minimum atomic E-state index is -0.170. The van der Waals surface area contributed by atoms with Crippen molar-refractivity contribution in [1.82, 2.24) is 0 Å². The number of hydrogen-bond acceptors (Lipinski definition) is 4. The van der Waals surface area contributed by atoms with Crippen molar-refractivity contribution >= 4 is 17.3 Å². The zero-order valence-electron chi connectivity index (χ0n) is 16.3. The number of anilines is 2. The third-order valence-corrected chi connectivity index (χ3v) is 4.60. The van der Waals surface area contributed by atoms with E-state index in [4.69, 9.17) is 9.47 Å². The molecule has 1 heterocycles. The van der Waals surface area contributed by atoms with Crippen molar-refractivity contribution in [3.05, 3.63) is 54.1 Å². The second kappa shape index (κ2) is 8.44.